The normalized spacial score (nSPS) is 24.0. The minimum atomic E-state index is -0.252. The molecule has 1 aromatic heterocycles. The molecule has 0 radical (unpaired) electrons. The van der Waals surface area contributed by atoms with Crippen LogP contribution < -0.4 is 0 Å². The fraction of sp³-hybridized carbons (Fsp3) is 0.412. The summed E-state index contributed by atoms with van der Waals surface area (Å²) in [6.07, 6.45) is 1.04. The molecule has 1 atom stereocenters. The lowest BCUT2D eigenvalue weighted by atomic mass is 9.79. The van der Waals surface area contributed by atoms with Crippen molar-refractivity contribution in [2.75, 3.05) is 7.11 Å². The van der Waals surface area contributed by atoms with Crippen LogP contribution in [-0.4, -0.2) is 40.1 Å². The number of aromatic nitrogens is 2. The Kier molecular flexibility index (Phi) is 3.45. The number of amides is 2. The zero-order valence-corrected chi connectivity index (χ0v) is 13.4. The van der Waals surface area contributed by atoms with E-state index in [1.54, 1.807) is 31.4 Å². The quantitative estimate of drug-likeness (QED) is 0.801. The Bertz CT molecular complexity index is 775. The van der Waals surface area contributed by atoms with E-state index in [1.807, 2.05) is 6.92 Å². The van der Waals surface area contributed by atoms with Gasteiger partial charge in [-0.25, -0.2) is 0 Å². The highest BCUT2D eigenvalue weighted by Gasteiger charge is 2.46. The Hall–Kier alpha value is -2.54. The maximum Gasteiger partial charge on any atom is 0.261 e. The van der Waals surface area contributed by atoms with Gasteiger partial charge in [0.15, 0.2) is 0 Å². The third kappa shape index (κ3) is 2.16. The molecular formula is C17H17N3O4. The smallest absolute Gasteiger partial charge is 0.261 e. The van der Waals surface area contributed by atoms with Gasteiger partial charge in [-0.05, 0) is 31.9 Å². The number of carbonyl (C=O) groups excluding carboxylic acids is 2. The van der Waals surface area contributed by atoms with Crippen molar-refractivity contribution in [3.05, 3.63) is 47.2 Å². The van der Waals surface area contributed by atoms with Crippen LogP contribution in [0.25, 0.3) is 0 Å². The number of benzene rings is 1. The van der Waals surface area contributed by atoms with E-state index in [-0.39, 0.29) is 29.9 Å². The first-order chi connectivity index (χ1) is 11.6. The van der Waals surface area contributed by atoms with Crippen molar-refractivity contribution >= 4 is 11.8 Å². The molecule has 0 N–H and O–H groups in total. The molecule has 7 heteroatoms. The summed E-state index contributed by atoms with van der Waals surface area (Å²) in [5.74, 6) is 0.639. The van der Waals surface area contributed by atoms with Crippen molar-refractivity contribution in [1.82, 2.24) is 15.1 Å². The van der Waals surface area contributed by atoms with E-state index in [9.17, 15) is 9.59 Å². The molecule has 7 nitrogen and oxygen atoms in total. The molecule has 2 heterocycles. The summed E-state index contributed by atoms with van der Waals surface area (Å²) in [6, 6.07) is 6.82. The van der Waals surface area contributed by atoms with Gasteiger partial charge >= 0.3 is 0 Å². The van der Waals surface area contributed by atoms with Crippen LogP contribution in [0.2, 0.25) is 0 Å². The van der Waals surface area contributed by atoms with Gasteiger partial charge in [-0.3, -0.25) is 14.5 Å². The van der Waals surface area contributed by atoms with Crippen LogP contribution >= 0.6 is 0 Å². The van der Waals surface area contributed by atoms with Crippen LogP contribution in [0.5, 0.6) is 0 Å². The van der Waals surface area contributed by atoms with Gasteiger partial charge in [0, 0.05) is 19.1 Å². The van der Waals surface area contributed by atoms with Gasteiger partial charge in [0.25, 0.3) is 11.8 Å². The van der Waals surface area contributed by atoms with Gasteiger partial charge in [-0.2, -0.15) is 0 Å². The zero-order chi connectivity index (χ0) is 16.8. The van der Waals surface area contributed by atoms with Crippen molar-refractivity contribution in [1.29, 1.82) is 0 Å². The fourth-order valence-corrected chi connectivity index (χ4v) is 3.22. The standard InChI is InChI=1S/C17H17N3O4/c1-9(23-2)14-18-19-15(24-14)10-7-11(8-10)20-16(21)12-5-3-4-6-13(12)17(20)22/h3-6,9-11H,7-8H2,1-2H3/t9-,10-,11-/m1/s1. The van der Waals surface area contributed by atoms with Crippen molar-refractivity contribution < 1.29 is 18.7 Å². The minimum absolute atomic E-state index is 0.0737. The second-order valence-electron chi connectivity index (χ2n) is 6.20. The van der Waals surface area contributed by atoms with E-state index in [2.05, 4.69) is 10.2 Å². The molecule has 1 saturated carbocycles. The van der Waals surface area contributed by atoms with E-state index in [0.29, 0.717) is 35.7 Å². The molecule has 2 aromatic rings. The van der Waals surface area contributed by atoms with Crippen molar-refractivity contribution in [2.24, 2.45) is 0 Å². The number of carbonyl (C=O) groups is 2. The minimum Gasteiger partial charge on any atom is -0.422 e. The first kappa shape index (κ1) is 15.0. The first-order valence-electron chi connectivity index (χ1n) is 7.93. The Morgan fingerprint density at radius 2 is 1.79 bits per heavy atom. The maximum atomic E-state index is 12.5. The molecule has 0 saturated heterocycles. The van der Waals surface area contributed by atoms with Crippen LogP contribution in [0.1, 0.15) is 64.3 Å². The number of methoxy groups -OCH3 is 1. The van der Waals surface area contributed by atoms with Crippen LogP contribution in [0.15, 0.2) is 28.7 Å². The van der Waals surface area contributed by atoms with Gasteiger partial charge in [-0.1, -0.05) is 12.1 Å². The monoisotopic (exact) mass is 327 g/mol. The third-order valence-corrected chi connectivity index (χ3v) is 4.81. The van der Waals surface area contributed by atoms with Crippen LogP contribution in [-0.2, 0) is 4.74 Å². The molecule has 0 bridgehead atoms. The Balaban J connectivity index is 1.46. The van der Waals surface area contributed by atoms with Crippen LogP contribution in [0.4, 0.5) is 0 Å². The Morgan fingerprint density at radius 1 is 1.17 bits per heavy atom. The van der Waals surface area contributed by atoms with E-state index < -0.39 is 0 Å². The Labute approximate surface area is 138 Å². The second kappa shape index (κ2) is 5.52. The molecule has 1 aliphatic carbocycles. The van der Waals surface area contributed by atoms with Gasteiger partial charge in [0.1, 0.15) is 6.10 Å². The number of hydrogen-bond donors (Lipinski definition) is 0. The fourth-order valence-electron chi connectivity index (χ4n) is 3.22. The predicted molar refractivity (Wildman–Crippen MR) is 82.4 cm³/mol. The van der Waals surface area contributed by atoms with Crippen molar-refractivity contribution in [2.45, 2.75) is 37.8 Å². The van der Waals surface area contributed by atoms with Crippen LogP contribution in [0.3, 0.4) is 0 Å². The molecule has 2 amide bonds. The Morgan fingerprint density at radius 3 is 2.38 bits per heavy atom. The van der Waals surface area contributed by atoms with Gasteiger partial charge in [-0.15, -0.1) is 10.2 Å². The summed E-state index contributed by atoms with van der Waals surface area (Å²) in [5, 5.41) is 8.05. The summed E-state index contributed by atoms with van der Waals surface area (Å²) in [4.78, 5) is 26.3. The molecule has 2 aliphatic rings. The molecular weight excluding hydrogens is 310 g/mol. The summed E-state index contributed by atoms with van der Waals surface area (Å²) in [7, 11) is 1.58. The van der Waals surface area contributed by atoms with E-state index in [0.717, 1.165) is 0 Å². The summed E-state index contributed by atoms with van der Waals surface area (Å²) >= 11 is 0. The lowest BCUT2D eigenvalue weighted by Crippen LogP contribution is -2.46. The lowest BCUT2D eigenvalue weighted by molar-refractivity contribution is 0.0456. The predicted octanol–water partition coefficient (Wildman–Crippen LogP) is 2.32. The molecule has 0 unspecified atom stereocenters. The highest BCUT2D eigenvalue weighted by molar-refractivity contribution is 6.21. The second-order valence-corrected chi connectivity index (χ2v) is 6.20. The van der Waals surface area contributed by atoms with Gasteiger partial charge in [0.05, 0.1) is 11.1 Å². The number of rotatable bonds is 4. The van der Waals surface area contributed by atoms with E-state index >= 15 is 0 Å². The molecule has 124 valence electrons. The average molecular weight is 327 g/mol. The molecule has 1 aliphatic heterocycles. The average Bonchev–Trinajstić information content (AvgIpc) is 3.13. The topological polar surface area (TPSA) is 85.5 Å². The highest BCUT2D eigenvalue weighted by atomic mass is 16.5. The SMILES string of the molecule is CO[C@H](C)c1nnc([C@H]2C[C@H](N3C(=O)c4ccccc4C3=O)C2)o1. The summed E-state index contributed by atoms with van der Waals surface area (Å²) < 4.78 is 10.8. The molecule has 1 aromatic carbocycles. The van der Waals surface area contributed by atoms with Gasteiger partial charge in [0.2, 0.25) is 11.8 Å². The number of fused-ring (bicyclic) bond motifs is 1. The first-order valence-corrected chi connectivity index (χ1v) is 7.93. The third-order valence-electron chi connectivity index (χ3n) is 4.81. The summed E-state index contributed by atoms with van der Waals surface area (Å²) in [6.45, 7) is 1.83. The number of ether oxygens (including phenoxy) is 1. The van der Waals surface area contributed by atoms with Crippen molar-refractivity contribution in [3.8, 4) is 0 Å². The molecule has 0 spiro atoms. The number of nitrogens with zero attached hydrogens (tertiary/aromatic N) is 3. The molecule has 4 rings (SSSR count). The lowest BCUT2D eigenvalue weighted by Gasteiger charge is -2.38. The summed E-state index contributed by atoms with van der Waals surface area (Å²) in [5.41, 5.74) is 0.972. The van der Waals surface area contributed by atoms with E-state index in [4.69, 9.17) is 9.15 Å². The maximum absolute atomic E-state index is 12.5. The largest absolute Gasteiger partial charge is 0.422 e. The number of imide groups is 1. The van der Waals surface area contributed by atoms with Crippen molar-refractivity contribution in [3.63, 3.8) is 0 Å². The molecule has 24 heavy (non-hydrogen) atoms. The highest BCUT2D eigenvalue weighted by Crippen LogP contribution is 2.42. The zero-order valence-electron chi connectivity index (χ0n) is 13.4. The van der Waals surface area contributed by atoms with Crippen LogP contribution in [0, 0.1) is 0 Å². The number of hydrogen-bond acceptors (Lipinski definition) is 6. The molecule has 1 fully saturated rings. The van der Waals surface area contributed by atoms with Gasteiger partial charge < -0.3 is 9.15 Å². The van der Waals surface area contributed by atoms with E-state index in [1.165, 1.54) is 4.90 Å².